The molecule has 0 aliphatic rings. The van der Waals surface area contributed by atoms with Gasteiger partial charge in [-0.25, -0.2) is 12.8 Å². The Bertz CT molecular complexity index is 800. The number of nitro groups is 1. The molecule has 2 aromatic rings. The molecule has 0 atom stereocenters. The molecule has 1 N–H and O–H groups in total. The van der Waals surface area contributed by atoms with E-state index in [1.54, 1.807) is 6.92 Å². The van der Waals surface area contributed by atoms with Crippen molar-refractivity contribution in [2.75, 3.05) is 4.72 Å². The highest BCUT2D eigenvalue weighted by atomic mass is 79.9. The number of aryl methyl sites for hydroxylation is 1. The van der Waals surface area contributed by atoms with Crippen molar-refractivity contribution in [3.63, 3.8) is 0 Å². The molecule has 21 heavy (non-hydrogen) atoms. The third kappa shape index (κ3) is 3.39. The minimum Gasteiger partial charge on any atom is -0.272 e. The van der Waals surface area contributed by atoms with Gasteiger partial charge < -0.3 is 0 Å². The standard InChI is InChI=1S/C11H8BrFN2O4S2/c1-6-4-10(20-11(6)12)21(18,19)14-8-5-7(13)2-3-9(8)15(16)17/h2-5,14H,1H3. The van der Waals surface area contributed by atoms with Gasteiger partial charge in [0, 0.05) is 12.1 Å². The molecule has 1 heterocycles. The average molecular weight is 395 g/mol. The Labute approximate surface area is 131 Å². The lowest BCUT2D eigenvalue weighted by Crippen LogP contribution is -2.13. The summed E-state index contributed by atoms with van der Waals surface area (Å²) in [6, 6.07) is 3.98. The van der Waals surface area contributed by atoms with E-state index in [-0.39, 0.29) is 4.21 Å². The minimum absolute atomic E-state index is 0.0227. The lowest BCUT2D eigenvalue weighted by Gasteiger charge is -2.06. The molecule has 0 radical (unpaired) electrons. The van der Waals surface area contributed by atoms with Gasteiger partial charge in [0.1, 0.15) is 15.7 Å². The fourth-order valence-corrected chi connectivity index (χ4v) is 4.80. The van der Waals surface area contributed by atoms with Crippen LogP contribution in [0, 0.1) is 22.9 Å². The smallest absolute Gasteiger partial charge is 0.272 e. The van der Waals surface area contributed by atoms with Crippen LogP contribution in [0.1, 0.15) is 5.56 Å². The van der Waals surface area contributed by atoms with E-state index in [4.69, 9.17) is 0 Å². The summed E-state index contributed by atoms with van der Waals surface area (Å²) in [5.41, 5.74) is -0.219. The van der Waals surface area contributed by atoms with Crippen LogP contribution in [0.15, 0.2) is 32.3 Å². The molecule has 1 aromatic heterocycles. The van der Waals surface area contributed by atoms with E-state index < -0.39 is 32.1 Å². The normalized spacial score (nSPS) is 11.4. The van der Waals surface area contributed by atoms with Gasteiger partial charge >= 0.3 is 0 Å². The number of nitro benzene ring substituents is 1. The minimum atomic E-state index is -4.02. The highest BCUT2D eigenvalue weighted by Gasteiger charge is 2.23. The summed E-state index contributed by atoms with van der Waals surface area (Å²) in [6.45, 7) is 1.71. The number of rotatable bonds is 4. The molecule has 10 heteroatoms. The lowest BCUT2D eigenvalue weighted by atomic mass is 10.3. The van der Waals surface area contributed by atoms with Crippen LogP contribution in [0.3, 0.4) is 0 Å². The molecule has 0 aliphatic carbocycles. The van der Waals surface area contributed by atoms with Crippen LogP contribution in [0.25, 0.3) is 0 Å². The van der Waals surface area contributed by atoms with Gasteiger partial charge in [0.15, 0.2) is 0 Å². The van der Waals surface area contributed by atoms with Gasteiger partial charge in [-0.15, -0.1) is 11.3 Å². The zero-order valence-corrected chi connectivity index (χ0v) is 13.7. The maximum atomic E-state index is 13.2. The first-order valence-corrected chi connectivity index (χ1v) is 8.52. The monoisotopic (exact) mass is 394 g/mol. The van der Waals surface area contributed by atoms with Crippen LogP contribution in [0.5, 0.6) is 0 Å². The third-order valence-corrected chi connectivity index (χ3v) is 6.47. The van der Waals surface area contributed by atoms with Crippen LogP contribution in [0.4, 0.5) is 15.8 Å². The van der Waals surface area contributed by atoms with Crippen molar-refractivity contribution in [3.05, 3.63) is 49.5 Å². The Kier molecular flexibility index (Phi) is 4.30. The van der Waals surface area contributed by atoms with Crippen molar-refractivity contribution in [1.82, 2.24) is 0 Å². The fourth-order valence-electron chi connectivity index (χ4n) is 1.51. The van der Waals surface area contributed by atoms with E-state index in [9.17, 15) is 22.9 Å². The Hall–Kier alpha value is -1.52. The molecule has 0 spiro atoms. The van der Waals surface area contributed by atoms with Gasteiger partial charge in [0.2, 0.25) is 0 Å². The predicted molar refractivity (Wildman–Crippen MR) is 80.6 cm³/mol. The maximum absolute atomic E-state index is 13.2. The Balaban J connectivity index is 2.45. The molecule has 0 aliphatic heterocycles. The van der Waals surface area contributed by atoms with Crippen molar-refractivity contribution in [3.8, 4) is 0 Å². The fraction of sp³-hybridized carbons (Fsp3) is 0.0909. The third-order valence-electron chi connectivity index (χ3n) is 2.50. The maximum Gasteiger partial charge on any atom is 0.293 e. The summed E-state index contributed by atoms with van der Waals surface area (Å²) in [7, 11) is -4.02. The summed E-state index contributed by atoms with van der Waals surface area (Å²) >= 11 is 4.16. The number of nitrogens with one attached hydrogen (secondary N) is 1. The first kappa shape index (κ1) is 15.9. The first-order chi connectivity index (χ1) is 9.70. The van der Waals surface area contributed by atoms with Crippen molar-refractivity contribution >= 4 is 48.7 Å². The van der Waals surface area contributed by atoms with Crippen molar-refractivity contribution in [1.29, 1.82) is 0 Å². The molecule has 6 nitrogen and oxygen atoms in total. The van der Waals surface area contributed by atoms with E-state index in [1.807, 2.05) is 4.72 Å². The summed E-state index contributed by atoms with van der Waals surface area (Å²) in [6.07, 6.45) is 0. The average Bonchev–Trinajstić information content (AvgIpc) is 2.69. The van der Waals surface area contributed by atoms with E-state index in [0.29, 0.717) is 9.35 Å². The number of benzene rings is 1. The number of sulfonamides is 1. The predicted octanol–water partition coefficient (Wildman–Crippen LogP) is 3.67. The molecular formula is C11H8BrFN2O4S2. The first-order valence-electron chi connectivity index (χ1n) is 5.43. The number of hydrogen-bond acceptors (Lipinski definition) is 5. The van der Waals surface area contributed by atoms with Gasteiger partial charge in [-0.2, -0.15) is 0 Å². The van der Waals surface area contributed by atoms with Gasteiger partial charge in [-0.3, -0.25) is 14.8 Å². The number of nitrogens with zero attached hydrogens (tertiary/aromatic N) is 1. The molecule has 0 amide bonds. The van der Waals surface area contributed by atoms with E-state index >= 15 is 0 Å². The molecule has 112 valence electrons. The van der Waals surface area contributed by atoms with Gasteiger partial charge in [-0.05, 0) is 40.5 Å². The number of anilines is 1. The number of halogens is 2. The summed E-state index contributed by atoms with van der Waals surface area (Å²) < 4.78 is 40.2. The topological polar surface area (TPSA) is 89.3 Å². The molecule has 0 saturated carbocycles. The van der Waals surface area contributed by atoms with Gasteiger partial charge in [0.25, 0.3) is 15.7 Å². The zero-order chi connectivity index (χ0) is 15.8. The molecule has 1 aromatic carbocycles. The molecule has 0 saturated heterocycles. The van der Waals surface area contributed by atoms with Crippen molar-refractivity contribution in [2.45, 2.75) is 11.1 Å². The molecule has 0 bridgehead atoms. The largest absolute Gasteiger partial charge is 0.293 e. The number of thiophene rings is 1. The summed E-state index contributed by atoms with van der Waals surface area (Å²) in [5, 5.41) is 10.9. The molecule has 0 fully saturated rings. The second-order valence-electron chi connectivity index (χ2n) is 4.05. The van der Waals surface area contributed by atoms with Crippen LogP contribution in [0.2, 0.25) is 0 Å². The summed E-state index contributed by atoms with van der Waals surface area (Å²) in [4.78, 5) is 10.1. The highest BCUT2D eigenvalue weighted by molar-refractivity contribution is 9.11. The summed E-state index contributed by atoms with van der Waals surface area (Å²) in [5.74, 6) is -0.776. The van der Waals surface area contributed by atoms with Crippen LogP contribution >= 0.6 is 27.3 Å². The molecule has 0 unspecified atom stereocenters. The Morgan fingerprint density at radius 2 is 2.05 bits per heavy atom. The molecular weight excluding hydrogens is 387 g/mol. The van der Waals surface area contributed by atoms with Gasteiger partial charge in [-0.1, -0.05) is 0 Å². The van der Waals surface area contributed by atoms with Gasteiger partial charge in [0.05, 0.1) is 8.71 Å². The second-order valence-corrected chi connectivity index (χ2v) is 8.33. The Morgan fingerprint density at radius 3 is 2.57 bits per heavy atom. The zero-order valence-electron chi connectivity index (χ0n) is 10.5. The van der Waals surface area contributed by atoms with Crippen molar-refractivity contribution in [2.24, 2.45) is 0 Å². The lowest BCUT2D eigenvalue weighted by molar-refractivity contribution is -0.383. The molecule has 2 rings (SSSR count). The van der Waals surface area contributed by atoms with Crippen molar-refractivity contribution < 1.29 is 17.7 Å². The highest BCUT2D eigenvalue weighted by Crippen LogP contribution is 2.33. The van der Waals surface area contributed by atoms with E-state index in [2.05, 4.69) is 15.9 Å². The van der Waals surface area contributed by atoms with E-state index in [0.717, 1.165) is 29.5 Å². The quantitative estimate of drug-likeness (QED) is 0.632. The van der Waals surface area contributed by atoms with Crippen LogP contribution in [-0.2, 0) is 10.0 Å². The van der Waals surface area contributed by atoms with E-state index in [1.165, 1.54) is 6.07 Å². The van der Waals surface area contributed by atoms with Crippen LogP contribution in [-0.4, -0.2) is 13.3 Å². The second kappa shape index (κ2) is 5.70. The van der Waals surface area contributed by atoms with Crippen LogP contribution < -0.4 is 4.72 Å². The number of hydrogen-bond donors (Lipinski definition) is 1. The SMILES string of the molecule is Cc1cc(S(=O)(=O)Nc2cc(F)ccc2[N+](=O)[O-])sc1Br. The Morgan fingerprint density at radius 1 is 1.38 bits per heavy atom.